The fraction of sp³-hybridized carbons (Fsp3) is 0.316. The maximum atomic E-state index is 11.9. The minimum atomic E-state index is -0.442. The van der Waals surface area contributed by atoms with Gasteiger partial charge in [0.05, 0.1) is 17.5 Å². The molecule has 1 fully saturated rings. The molecule has 0 N–H and O–H groups in total. The van der Waals surface area contributed by atoms with Gasteiger partial charge >= 0.3 is 0 Å². The van der Waals surface area contributed by atoms with Crippen molar-refractivity contribution < 1.29 is 9.53 Å². The Hall–Kier alpha value is -1.91. The summed E-state index contributed by atoms with van der Waals surface area (Å²) in [6.45, 7) is 3.08. The number of aromatic nitrogens is 3. The normalized spacial score (nSPS) is 16.3. The molecule has 1 aliphatic heterocycles. The van der Waals surface area contributed by atoms with Crippen molar-refractivity contribution in [1.29, 1.82) is 0 Å². The summed E-state index contributed by atoms with van der Waals surface area (Å²) in [5.41, 5.74) is 1.72. The van der Waals surface area contributed by atoms with Crippen LogP contribution in [0.1, 0.15) is 6.17 Å². The molecule has 1 unspecified atom stereocenters. The first-order valence-corrected chi connectivity index (χ1v) is 10.3. The second kappa shape index (κ2) is 8.22. The Labute approximate surface area is 181 Å². The number of ether oxygens (including phenoxy) is 1. The SMILES string of the molecule is COc1cc(N2CCN(C(C=O)n3nc4ncccc4c3I)CC2)ccc1Cl. The van der Waals surface area contributed by atoms with Crippen LogP contribution < -0.4 is 9.64 Å². The van der Waals surface area contributed by atoms with E-state index in [1.54, 1.807) is 18.0 Å². The van der Waals surface area contributed by atoms with Crippen molar-refractivity contribution >= 4 is 57.2 Å². The number of hydrogen-bond donors (Lipinski definition) is 0. The van der Waals surface area contributed by atoms with Crippen LogP contribution >= 0.6 is 34.2 Å². The third kappa shape index (κ3) is 3.56. The zero-order valence-corrected chi connectivity index (χ0v) is 18.2. The molecule has 0 saturated carbocycles. The van der Waals surface area contributed by atoms with Gasteiger partial charge in [0.25, 0.3) is 0 Å². The lowest BCUT2D eigenvalue weighted by atomic mass is 10.2. The summed E-state index contributed by atoms with van der Waals surface area (Å²) in [6, 6.07) is 9.64. The van der Waals surface area contributed by atoms with E-state index >= 15 is 0 Å². The minimum Gasteiger partial charge on any atom is -0.495 e. The summed E-state index contributed by atoms with van der Waals surface area (Å²) < 4.78 is 8.01. The highest BCUT2D eigenvalue weighted by atomic mass is 127. The maximum absolute atomic E-state index is 11.9. The first-order valence-electron chi connectivity index (χ1n) is 8.89. The van der Waals surface area contributed by atoms with Crippen molar-refractivity contribution in [3.8, 4) is 5.75 Å². The quantitative estimate of drug-likeness (QED) is 0.387. The molecule has 28 heavy (non-hydrogen) atoms. The van der Waals surface area contributed by atoms with Gasteiger partial charge in [0.15, 0.2) is 18.1 Å². The third-order valence-corrected chi connectivity index (χ3v) is 6.36. The van der Waals surface area contributed by atoms with E-state index in [0.29, 0.717) is 16.4 Å². The largest absolute Gasteiger partial charge is 0.495 e. The molecular formula is C19H19ClIN5O2. The van der Waals surface area contributed by atoms with E-state index in [4.69, 9.17) is 16.3 Å². The molecular weight excluding hydrogens is 493 g/mol. The number of carbonyl (C=O) groups excluding carboxylic acids is 1. The number of hydrogen-bond acceptors (Lipinski definition) is 6. The summed E-state index contributed by atoms with van der Waals surface area (Å²) in [5, 5.41) is 6.11. The summed E-state index contributed by atoms with van der Waals surface area (Å²) in [7, 11) is 1.61. The molecule has 0 amide bonds. The van der Waals surface area contributed by atoms with Crippen LogP contribution in [-0.2, 0) is 4.79 Å². The van der Waals surface area contributed by atoms with Gasteiger partial charge in [0, 0.05) is 44.1 Å². The molecule has 0 bridgehead atoms. The van der Waals surface area contributed by atoms with Gasteiger partial charge in [0.1, 0.15) is 9.45 Å². The second-order valence-electron chi connectivity index (χ2n) is 6.50. The Morgan fingerprint density at radius 3 is 2.71 bits per heavy atom. The van der Waals surface area contributed by atoms with Gasteiger partial charge in [-0.1, -0.05) is 11.6 Å². The summed E-state index contributed by atoms with van der Waals surface area (Å²) in [4.78, 5) is 20.6. The molecule has 7 nitrogen and oxygen atoms in total. The summed E-state index contributed by atoms with van der Waals surface area (Å²) >= 11 is 8.36. The standard InChI is InChI=1S/C19H19ClIN5O2/c1-28-16-11-13(4-5-15(16)20)24-7-9-25(10-8-24)17(12-27)26-18(21)14-3-2-6-22-19(14)23-26/h2-6,11-12,17H,7-10H2,1H3. The smallest absolute Gasteiger partial charge is 0.182 e. The fourth-order valence-electron chi connectivity index (χ4n) is 3.47. The summed E-state index contributed by atoms with van der Waals surface area (Å²) in [5.74, 6) is 0.664. The van der Waals surface area contributed by atoms with Crippen molar-refractivity contribution in [2.24, 2.45) is 0 Å². The fourth-order valence-corrected chi connectivity index (χ4v) is 4.48. The highest BCUT2D eigenvalue weighted by Crippen LogP contribution is 2.30. The van der Waals surface area contributed by atoms with Gasteiger partial charge in [-0.2, -0.15) is 0 Å². The maximum Gasteiger partial charge on any atom is 0.182 e. The van der Waals surface area contributed by atoms with Crippen LogP contribution in [0.4, 0.5) is 5.69 Å². The highest BCUT2D eigenvalue weighted by molar-refractivity contribution is 14.1. The Morgan fingerprint density at radius 1 is 1.25 bits per heavy atom. The van der Waals surface area contributed by atoms with E-state index < -0.39 is 6.17 Å². The van der Waals surface area contributed by atoms with E-state index in [2.05, 4.69) is 42.5 Å². The number of benzene rings is 1. The van der Waals surface area contributed by atoms with E-state index in [1.165, 1.54) is 0 Å². The molecule has 1 saturated heterocycles. The number of piperazine rings is 1. The second-order valence-corrected chi connectivity index (χ2v) is 7.93. The molecule has 9 heteroatoms. The molecule has 3 aromatic rings. The Morgan fingerprint density at radius 2 is 2.04 bits per heavy atom. The van der Waals surface area contributed by atoms with Crippen molar-refractivity contribution in [3.63, 3.8) is 0 Å². The zero-order valence-electron chi connectivity index (χ0n) is 15.3. The van der Waals surface area contributed by atoms with Crippen LogP contribution in [-0.4, -0.2) is 59.2 Å². The molecule has 4 rings (SSSR count). The molecule has 3 heterocycles. The number of carbonyl (C=O) groups is 1. The van der Waals surface area contributed by atoms with Crippen LogP contribution in [0, 0.1) is 3.70 Å². The third-order valence-electron chi connectivity index (χ3n) is 4.97. The predicted octanol–water partition coefficient (Wildman–Crippen LogP) is 3.22. The summed E-state index contributed by atoms with van der Waals surface area (Å²) in [6.07, 6.45) is 2.22. The number of pyridine rings is 1. The van der Waals surface area contributed by atoms with E-state index in [0.717, 1.165) is 47.2 Å². The van der Waals surface area contributed by atoms with Crippen LogP contribution in [0.25, 0.3) is 11.0 Å². The predicted molar refractivity (Wildman–Crippen MR) is 117 cm³/mol. The topological polar surface area (TPSA) is 63.5 Å². The van der Waals surface area contributed by atoms with Gasteiger partial charge in [-0.15, -0.1) is 5.10 Å². The molecule has 1 aromatic carbocycles. The zero-order chi connectivity index (χ0) is 19.7. The van der Waals surface area contributed by atoms with Gasteiger partial charge in [0.2, 0.25) is 0 Å². The van der Waals surface area contributed by atoms with Gasteiger partial charge < -0.3 is 9.64 Å². The number of aldehydes is 1. The Bertz CT molecular complexity index is 1000. The van der Waals surface area contributed by atoms with Gasteiger partial charge in [-0.25, -0.2) is 9.67 Å². The molecule has 0 aliphatic carbocycles. The van der Waals surface area contributed by atoms with Crippen LogP contribution in [0.5, 0.6) is 5.75 Å². The highest BCUT2D eigenvalue weighted by Gasteiger charge is 2.28. The number of methoxy groups -OCH3 is 1. The molecule has 146 valence electrons. The molecule has 0 radical (unpaired) electrons. The average molecular weight is 512 g/mol. The van der Waals surface area contributed by atoms with Crippen LogP contribution in [0.2, 0.25) is 5.02 Å². The number of rotatable bonds is 5. The Balaban J connectivity index is 1.51. The average Bonchev–Trinajstić information content (AvgIpc) is 3.06. The van der Waals surface area contributed by atoms with Crippen LogP contribution in [0.15, 0.2) is 36.5 Å². The first-order chi connectivity index (χ1) is 13.6. The van der Waals surface area contributed by atoms with Gasteiger partial charge in [-0.05, 0) is 46.9 Å². The van der Waals surface area contributed by atoms with E-state index in [9.17, 15) is 4.79 Å². The molecule has 2 aromatic heterocycles. The van der Waals surface area contributed by atoms with Crippen molar-refractivity contribution in [1.82, 2.24) is 19.7 Å². The lowest BCUT2D eigenvalue weighted by Crippen LogP contribution is -2.49. The van der Waals surface area contributed by atoms with Crippen LogP contribution in [0.3, 0.4) is 0 Å². The Kier molecular flexibility index (Phi) is 5.70. The first kappa shape index (κ1) is 19.4. The monoisotopic (exact) mass is 511 g/mol. The van der Waals surface area contributed by atoms with Crippen molar-refractivity contribution in [2.45, 2.75) is 6.17 Å². The van der Waals surface area contributed by atoms with E-state index in [-0.39, 0.29) is 0 Å². The number of halogens is 2. The minimum absolute atomic E-state index is 0.442. The molecule has 1 atom stereocenters. The lowest BCUT2D eigenvalue weighted by Gasteiger charge is -2.38. The molecule has 1 aliphatic rings. The number of nitrogens with zero attached hydrogens (tertiary/aromatic N) is 5. The van der Waals surface area contributed by atoms with Crippen molar-refractivity contribution in [2.75, 3.05) is 38.2 Å². The number of anilines is 1. The number of fused-ring (bicyclic) bond motifs is 1. The molecule has 0 spiro atoms. The van der Waals surface area contributed by atoms with Gasteiger partial charge in [-0.3, -0.25) is 9.69 Å². The lowest BCUT2D eigenvalue weighted by molar-refractivity contribution is -0.116. The van der Waals surface area contributed by atoms with E-state index in [1.807, 2.05) is 30.3 Å². The van der Waals surface area contributed by atoms with Crippen molar-refractivity contribution in [3.05, 3.63) is 45.3 Å².